The van der Waals surface area contributed by atoms with Crippen LogP contribution in [0.15, 0.2) is 84.9 Å². The highest BCUT2D eigenvalue weighted by molar-refractivity contribution is 6.09. The van der Waals surface area contributed by atoms with Crippen LogP contribution in [-0.2, 0) is 11.3 Å². The van der Waals surface area contributed by atoms with Crippen LogP contribution in [0.4, 0.5) is 10.1 Å². The van der Waals surface area contributed by atoms with Crippen LogP contribution in [0, 0.1) is 5.82 Å². The first-order valence-electron chi connectivity index (χ1n) is 14.1. The van der Waals surface area contributed by atoms with Gasteiger partial charge >= 0.3 is 5.97 Å². The zero-order chi connectivity index (χ0) is 30.2. The lowest BCUT2D eigenvalue weighted by Crippen LogP contribution is -2.22. The van der Waals surface area contributed by atoms with E-state index in [9.17, 15) is 24.2 Å². The average molecular weight is 573 g/mol. The lowest BCUT2D eigenvalue weighted by atomic mass is 9.92. The second-order valence-corrected chi connectivity index (χ2v) is 10.7. The molecule has 0 saturated heterocycles. The molecule has 3 aromatic carbocycles. The molecular formula is C34H37FN2O5. The number of ketones is 1. The van der Waals surface area contributed by atoms with Crippen molar-refractivity contribution in [2.45, 2.75) is 57.8 Å². The number of carboxylic acids is 1. The second kappa shape index (κ2) is 14.1. The Bertz CT molecular complexity index is 1480. The first-order chi connectivity index (χ1) is 20.2. The van der Waals surface area contributed by atoms with Crippen molar-refractivity contribution in [2.75, 3.05) is 11.9 Å². The van der Waals surface area contributed by atoms with E-state index in [-0.39, 0.29) is 36.9 Å². The third-order valence-electron chi connectivity index (χ3n) is 7.18. The molecule has 0 bridgehead atoms. The molecule has 0 fully saturated rings. The number of carbonyl (C=O) groups is 2. The van der Waals surface area contributed by atoms with Gasteiger partial charge in [0.25, 0.3) is 0 Å². The van der Waals surface area contributed by atoms with Gasteiger partial charge < -0.3 is 25.2 Å². The van der Waals surface area contributed by atoms with Crippen LogP contribution in [0.5, 0.6) is 0 Å². The number of carbonyl (C=O) groups excluding carboxylic acids is 1. The summed E-state index contributed by atoms with van der Waals surface area (Å²) in [7, 11) is 0. The summed E-state index contributed by atoms with van der Waals surface area (Å²) in [4.78, 5) is 25.1. The van der Waals surface area contributed by atoms with Gasteiger partial charge in [0, 0.05) is 29.1 Å². The minimum atomic E-state index is -1.18. The number of carboxylic acid groups (broad SMARTS) is 1. The fraction of sp³-hybridized carbons (Fsp3) is 0.294. The minimum absolute atomic E-state index is 0.0560. The zero-order valence-electron chi connectivity index (χ0n) is 23.8. The fourth-order valence-corrected chi connectivity index (χ4v) is 5.37. The normalized spacial score (nSPS) is 12.7. The number of aliphatic carboxylic acids is 1. The monoisotopic (exact) mass is 572 g/mol. The number of Topliss-reactive ketones (excluding diaryl/α,β-unsaturated/α-hetero) is 1. The van der Waals surface area contributed by atoms with E-state index in [1.807, 2.05) is 79.1 Å². The number of para-hydroxylation sites is 1. The molecule has 0 amide bonds. The average Bonchev–Trinajstić information content (AvgIpc) is 3.31. The molecule has 0 radical (unpaired) electrons. The van der Waals surface area contributed by atoms with Crippen LogP contribution < -0.4 is 5.32 Å². The molecule has 7 nitrogen and oxygen atoms in total. The van der Waals surface area contributed by atoms with Gasteiger partial charge in [-0.2, -0.15) is 0 Å². The van der Waals surface area contributed by atoms with Crippen molar-refractivity contribution in [1.29, 1.82) is 0 Å². The molecule has 0 aliphatic rings. The Morgan fingerprint density at radius 1 is 0.857 bits per heavy atom. The summed E-state index contributed by atoms with van der Waals surface area (Å²) < 4.78 is 16.0. The van der Waals surface area contributed by atoms with Gasteiger partial charge in [0.2, 0.25) is 0 Å². The standard InChI is InChI=1S/C34H37FN2O5/c1-22(2)33-32(29(40)21-36-26-11-7-4-8-12-26)31(23-9-5-3-6-10-23)34(24-13-15-25(35)16-14-24)37(33)18-17-27(38)19-28(39)20-30(41)42/h3-16,22,27-28,36,38-39H,17-21H2,1-2H3,(H,41,42). The molecule has 1 heterocycles. The van der Waals surface area contributed by atoms with Crippen LogP contribution in [0.2, 0.25) is 0 Å². The molecule has 1 aromatic heterocycles. The predicted molar refractivity (Wildman–Crippen MR) is 162 cm³/mol. The van der Waals surface area contributed by atoms with E-state index in [2.05, 4.69) is 5.32 Å². The summed E-state index contributed by atoms with van der Waals surface area (Å²) in [5.74, 6) is -1.72. The number of benzene rings is 3. The van der Waals surface area contributed by atoms with Gasteiger partial charge in [-0.3, -0.25) is 9.59 Å². The van der Waals surface area contributed by atoms with E-state index in [1.165, 1.54) is 12.1 Å². The number of hydrogen-bond acceptors (Lipinski definition) is 5. The maximum absolute atomic E-state index is 14.1. The van der Waals surface area contributed by atoms with Gasteiger partial charge in [-0.1, -0.05) is 62.4 Å². The number of aliphatic hydroxyl groups excluding tert-OH is 2. The van der Waals surface area contributed by atoms with Gasteiger partial charge in [0.15, 0.2) is 5.78 Å². The van der Waals surface area contributed by atoms with Gasteiger partial charge in [-0.25, -0.2) is 4.39 Å². The number of rotatable bonds is 14. The van der Waals surface area contributed by atoms with Crippen molar-refractivity contribution in [3.63, 3.8) is 0 Å². The van der Waals surface area contributed by atoms with Crippen LogP contribution in [0.25, 0.3) is 22.4 Å². The Labute approximate surface area is 245 Å². The number of aliphatic hydroxyl groups is 2. The molecule has 0 aliphatic carbocycles. The Kier molecular flexibility index (Phi) is 10.3. The summed E-state index contributed by atoms with van der Waals surface area (Å²) >= 11 is 0. The van der Waals surface area contributed by atoms with Gasteiger partial charge in [-0.05, 0) is 66.3 Å². The first-order valence-corrected chi connectivity index (χ1v) is 14.1. The number of nitrogens with zero attached hydrogens (tertiary/aromatic N) is 1. The number of halogens is 1. The van der Waals surface area contributed by atoms with E-state index in [4.69, 9.17) is 5.11 Å². The Morgan fingerprint density at radius 2 is 1.48 bits per heavy atom. The third-order valence-corrected chi connectivity index (χ3v) is 7.18. The molecule has 2 atom stereocenters. The largest absolute Gasteiger partial charge is 0.481 e. The second-order valence-electron chi connectivity index (χ2n) is 10.7. The minimum Gasteiger partial charge on any atom is -0.481 e. The SMILES string of the molecule is CC(C)c1c(C(=O)CNc2ccccc2)c(-c2ccccc2)c(-c2ccc(F)cc2)n1CCC(O)CC(O)CC(=O)O. The van der Waals surface area contributed by atoms with Crippen LogP contribution >= 0.6 is 0 Å². The van der Waals surface area contributed by atoms with Crippen molar-refractivity contribution < 1.29 is 29.3 Å². The highest BCUT2D eigenvalue weighted by atomic mass is 19.1. The number of aromatic nitrogens is 1. The lowest BCUT2D eigenvalue weighted by molar-refractivity contribution is -0.139. The van der Waals surface area contributed by atoms with E-state index >= 15 is 0 Å². The maximum atomic E-state index is 14.1. The van der Waals surface area contributed by atoms with Crippen LogP contribution in [-0.4, -0.2) is 50.4 Å². The van der Waals surface area contributed by atoms with Crippen molar-refractivity contribution >= 4 is 17.4 Å². The number of anilines is 1. The van der Waals surface area contributed by atoms with E-state index in [1.54, 1.807) is 12.1 Å². The molecule has 4 rings (SSSR count). The van der Waals surface area contributed by atoms with Crippen molar-refractivity contribution in [3.05, 3.63) is 102 Å². The van der Waals surface area contributed by atoms with Crippen molar-refractivity contribution in [2.24, 2.45) is 0 Å². The molecule has 8 heteroatoms. The molecule has 2 unspecified atom stereocenters. The highest BCUT2D eigenvalue weighted by Gasteiger charge is 2.30. The van der Waals surface area contributed by atoms with Crippen LogP contribution in [0.1, 0.15) is 55.1 Å². The van der Waals surface area contributed by atoms with Gasteiger partial charge in [0.1, 0.15) is 5.82 Å². The molecule has 4 aromatic rings. The van der Waals surface area contributed by atoms with Gasteiger partial charge in [-0.15, -0.1) is 0 Å². The van der Waals surface area contributed by atoms with Gasteiger partial charge in [0.05, 0.1) is 30.9 Å². The van der Waals surface area contributed by atoms with Crippen LogP contribution in [0.3, 0.4) is 0 Å². The summed E-state index contributed by atoms with van der Waals surface area (Å²) in [5, 5.41) is 33.0. The van der Waals surface area contributed by atoms with Crippen molar-refractivity contribution in [3.8, 4) is 22.4 Å². The number of nitrogens with one attached hydrogen (secondary N) is 1. The zero-order valence-corrected chi connectivity index (χ0v) is 23.8. The maximum Gasteiger partial charge on any atom is 0.305 e. The summed E-state index contributed by atoms with van der Waals surface area (Å²) in [5.41, 5.74) is 5.16. The molecule has 4 N–H and O–H groups in total. The summed E-state index contributed by atoms with van der Waals surface area (Å²) in [6.45, 7) is 4.36. The highest BCUT2D eigenvalue weighted by Crippen LogP contribution is 2.42. The molecule has 220 valence electrons. The first kappa shape index (κ1) is 30.7. The molecule has 0 saturated carbocycles. The third kappa shape index (κ3) is 7.51. The summed E-state index contributed by atoms with van der Waals surface area (Å²) in [6.07, 6.45) is -2.48. The summed E-state index contributed by atoms with van der Waals surface area (Å²) in [6, 6.07) is 25.2. The van der Waals surface area contributed by atoms with E-state index in [0.717, 1.165) is 28.2 Å². The Hall–Kier alpha value is -4.27. The fourth-order valence-electron chi connectivity index (χ4n) is 5.37. The predicted octanol–water partition coefficient (Wildman–Crippen LogP) is 6.36. The quantitative estimate of drug-likeness (QED) is 0.131. The molecule has 42 heavy (non-hydrogen) atoms. The van der Waals surface area contributed by atoms with E-state index < -0.39 is 24.6 Å². The molecule has 0 aliphatic heterocycles. The topological polar surface area (TPSA) is 112 Å². The lowest BCUT2D eigenvalue weighted by Gasteiger charge is -2.20. The van der Waals surface area contributed by atoms with Crippen molar-refractivity contribution in [1.82, 2.24) is 4.57 Å². The smallest absolute Gasteiger partial charge is 0.305 e. The van der Waals surface area contributed by atoms with E-state index in [0.29, 0.717) is 17.7 Å². The Morgan fingerprint density at radius 3 is 2.07 bits per heavy atom. The molecular weight excluding hydrogens is 535 g/mol. The number of hydrogen-bond donors (Lipinski definition) is 4. The Balaban J connectivity index is 1.85. The molecule has 0 spiro atoms.